The molecule has 0 bridgehead atoms. The molecule has 2 fully saturated rings. The lowest BCUT2D eigenvalue weighted by Crippen LogP contribution is -2.66. The first-order chi connectivity index (χ1) is 11.0. The van der Waals surface area contributed by atoms with Crippen LogP contribution in [0.4, 0.5) is 0 Å². The monoisotopic (exact) mass is 340 g/mol. The van der Waals surface area contributed by atoms with Gasteiger partial charge in [-0.2, -0.15) is 0 Å². The molecule has 3 heterocycles. The van der Waals surface area contributed by atoms with E-state index in [1.54, 1.807) is 19.3 Å². The number of sulfone groups is 1. The fraction of sp³-hybridized carbons (Fsp3) is 0.688. The standard InChI is InChI=1S/C16H24N2O4S/c1-2-23(19,20)9-7-18-12-16(13-18)10-14(5-8-21-16)22-15-4-3-6-17-11-15/h3-4,6,11,14H,2,5,7-10,12-13H2,1H3. The number of ether oxygens (including phenoxy) is 2. The highest BCUT2D eigenvalue weighted by molar-refractivity contribution is 7.91. The number of likely N-dealkylation sites (tertiary alicyclic amines) is 1. The van der Waals surface area contributed by atoms with Gasteiger partial charge in [0.25, 0.3) is 0 Å². The van der Waals surface area contributed by atoms with E-state index in [1.807, 2.05) is 12.1 Å². The van der Waals surface area contributed by atoms with Crippen molar-refractivity contribution in [3.05, 3.63) is 24.5 Å². The predicted molar refractivity (Wildman–Crippen MR) is 87.3 cm³/mol. The van der Waals surface area contributed by atoms with Gasteiger partial charge in [-0.15, -0.1) is 0 Å². The second kappa shape index (κ2) is 6.75. The van der Waals surface area contributed by atoms with Gasteiger partial charge >= 0.3 is 0 Å². The Morgan fingerprint density at radius 1 is 1.48 bits per heavy atom. The minimum atomic E-state index is -2.90. The Morgan fingerprint density at radius 3 is 3.00 bits per heavy atom. The largest absolute Gasteiger partial charge is 0.489 e. The Bertz CT molecular complexity index is 614. The highest BCUT2D eigenvalue weighted by Crippen LogP contribution is 2.35. The van der Waals surface area contributed by atoms with Gasteiger partial charge in [-0.05, 0) is 12.1 Å². The zero-order valence-electron chi connectivity index (χ0n) is 13.5. The van der Waals surface area contributed by atoms with Crippen molar-refractivity contribution >= 4 is 9.84 Å². The summed E-state index contributed by atoms with van der Waals surface area (Å²) in [6.07, 6.45) is 5.31. The van der Waals surface area contributed by atoms with Crippen molar-refractivity contribution in [3.63, 3.8) is 0 Å². The van der Waals surface area contributed by atoms with Crippen LogP contribution in [0.1, 0.15) is 19.8 Å². The molecule has 1 atom stereocenters. The van der Waals surface area contributed by atoms with Crippen molar-refractivity contribution in [1.29, 1.82) is 0 Å². The molecule has 0 aliphatic carbocycles. The molecule has 0 saturated carbocycles. The maximum absolute atomic E-state index is 11.6. The van der Waals surface area contributed by atoms with Crippen LogP contribution >= 0.6 is 0 Å². The van der Waals surface area contributed by atoms with Crippen LogP contribution in [0.25, 0.3) is 0 Å². The van der Waals surface area contributed by atoms with Crippen LogP contribution < -0.4 is 4.74 Å². The molecule has 7 heteroatoms. The first kappa shape index (κ1) is 16.7. The van der Waals surface area contributed by atoms with Gasteiger partial charge in [0.1, 0.15) is 11.9 Å². The lowest BCUT2D eigenvalue weighted by molar-refractivity contribution is -0.184. The highest BCUT2D eigenvalue weighted by atomic mass is 32.2. The van der Waals surface area contributed by atoms with Gasteiger partial charge in [0.2, 0.25) is 0 Å². The molecule has 0 amide bonds. The third kappa shape index (κ3) is 4.22. The molecule has 1 unspecified atom stereocenters. The van der Waals surface area contributed by atoms with Crippen LogP contribution in [-0.4, -0.2) is 67.8 Å². The average molecular weight is 340 g/mol. The van der Waals surface area contributed by atoms with Crippen LogP contribution in [0.5, 0.6) is 5.75 Å². The Balaban J connectivity index is 1.48. The Hall–Kier alpha value is -1.18. The third-order valence-corrected chi connectivity index (χ3v) is 6.25. The summed E-state index contributed by atoms with van der Waals surface area (Å²) in [4.78, 5) is 6.22. The van der Waals surface area contributed by atoms with Crippen molar-refractivity contribution in [2.45, 2.75) is 31.5 Å². The molecule has 0 radical (unpaired) electrons. The number of hydrogen-bond donors (Lipinski definition) is 0. The first-order valence-electron chi connectivity index (χ1n) is 8.14. The van der Waals surface area contributed by atoms with Gasteiger partial charge in [-0.1, -0.05) is 6.92 Å². The number of aromatic nitrogens is 1. The van der Waals surface area contributed by atoms with Crippen LogP contribution in [0.3, 0.4) is 0 Å². The molecule has 0 N–H and O–H groups in total. The Labute approximate surface area is 137 Å². The summed E-state index contributed by atoms with van der Waals surface area (Å²) < 4.78 is 35.1. The maximum atomic E-state index is 11.6. The van der Waals surface area contributed by atoms with Gasteiger partial charge in [-0.25, -0.2) is 8.42 Å². The van der Waals surface area contributed by atoms with Gasteiger partial charge in [0.05, 0.1) is 24.2 Å². The number of nitrogens with zero attached hydrogens (tertiary/aromatic N) is 2. The lowest BCUT2D eigenvalue weighted by atomic mass is 9.85. The molecule has 1 spiro atoms. The van der Waals surface area contributed by atoms with E-state index < -0.39 is 9.84 Å². The highest BCUT2D eigenvalue weighted by Gasteiger charge is 2.48. The summed E-state index contributed by atoms with van der Waals surface area (Å²) in [7, 11) is -2.90. The van der Waals surface area contributed by atoms with Crippen molar-refractivity contribution in [1.82, 2.24) is 9.88 Å². The van der Waals surface area contributed by atoms with Gasteiger partial charge in [0, 0.05) is 44.4 Å². The van der Waals surface area contributed by atoms with E-state index >= 15 is 0 Å². The molecule has 1 aromatic heterocycles. The Kier molecular flexibility index (Phi) is 4.89. The van der Waals surface area contributed by atoms with Gasteiger partial charge in [0.15, 0.2) is 9.84 Å². The predicted octanol–water partition coefficient (Wildman–Crippen LogP) is 1.13. The minimum Gasteiger partial charge on any atom is -0.489 e. The van der Waals surface area contributed by atoms with Crippen molar-refractivity contribution in [3.8, 4) is 5.75 Å². The first-order valence-corrected chi connectivity index (χ1v) is 9.96. The molecule has 23 heavy (non-hydrogen) atoms. The van der Waals surface area contributed by atoms with Crippen LogP contribution in [-0.2, 0) is 14.6 Å². The van der Waals surface area contributed by atoms with Gasteiger partial charge < -0.3 is 9.47 Å². The summed E-state index contributed by atoms with van der Waals surface area (Å²) in [5, 5.41) is 0. The van der Waals surface area contributed by atoms with Crippen LogP contribution in [0.2, 0.25) is 0 Å². The van der Waals surface area contributed by atoms with E-state index in [0.717, 1.165) is 31.7 Å². The summed E-state index contributed by atoms with van der Waals surface area (Å²) in [5.41, 5.74) is -0.166. The zero-order valence-corrected chi connectivity index (χ0v) is 14.3. The maximum Gasteiger partial charge on any atom is 0.151 e. The molecule has 2 saturated heterocycles. The summed E-state index contributed by atoms with van der Waals surface area (Å²) >= 11 is 0. The molecule has 3 rings (SSSR count). The van der Waals surface area contributed by atoms with E-state index in [-0.39, 0.29) is 23.2 Å². The van der Waals surface area contributed by atoms with E-state index in [9.17, 15) is 8.42 Å². The smallest absolute Gasteiger partial charge is 0.151 e. The van der Waals surface area contributed by atoms with Crippen molar-refractivity contribution in [2.75, 3.05) is 37.7 Å². The molecule has 2 aliphatic rings. The normalized spacial score (nSPS) is 24.3. The summed E-state index contributed by atoms with van der Waals surface area (Å²) in [6.45, 7) is 4.55. The molecule has 1 aromatic rings. The fourth-order valence-electron chi connectivity index (χ4n) is 3.25. The lowest BCUT2D eigenvalue weighted by Gasteiger charge is -2.53. The average Bonchev–Trinajstić information content (AvgIpc) is 2.52. The second-order valence-corrected chi connectivity index (χ2v) is 8.87. The Morgan fingerprint density at radius 2 is 2.30 bits per heavy atom. The SMILES string of the molecule is CCS(=O)(=O)CCN1CC2(CC(Oc3cccnc3)CCO2)C1. The molecule has 128 valence electrons. The molecular weight excluding hydrogens is 316 g/mol. The van der Waals surface area contributed by atoms with E-state index in [0.29, 0.717) is 13.2 Å². The fourth-order valence-corrected chi connectivity index (χ4v) is 4.08. The zero-order chi connectivity index (χ0) is 16.3. The summed E-state index contributed by atoms with van der Waals surface area (Å²) in [6, 6.07) is 3.78. The van der Waals surface area contributed by atoms with E-state index in [4.69, 9.17) is 9.47 Å². The number of rotatable bonds is 6. The van der Waals surface area contributed by atoms with E-state index in [1.165, 1.54) is 0 Å². The minimum absolute atomic E-state index is 0.134. The molecular formula is C16H24N2O4S. The number of hydrogen-bond acceptors (Lipinski definition) is 6. The topological polar surface area (TPSA) is 68.7 Å². The van der Waals surface area contributed by atoms with Crippen molar-refractivity contribution < 1.29 is 17.9 Å². The van der Waals surface area contributed by atoms with Gasteiger partial charge in [-0.3, -0.25) is 9.88 Å². The van der Waals surface area contributed by atoms with Crippen LogP contribution in [0, 0.1) is 0 Å². The van der Waals surface area contributed by atoms with Crippen LogP contribution in [0.15, 0.2) is 24.5 Å². The molecule has 0 aromatic carbocycles. The summed E-state index contributed by atoms with van der Waals surface area (Å²) in [5.74, 6) is 1.23. The molecule has 6 nitrogen and oxygen atoms in total. The number of pyridine rings is 1. The second-order valence-electron chi connectivity index (χ2n) is 6.40. The third-order valence-electron chi connectivity index (χ3n) is 4.57. The quantitative estimate of drug-likeness (QED) is 0.773. The van der Waals surface area contributed by atoms with E-state index in [2.05, 4.69) is 9.88 Å². The molecule has 2 aliphatic heterocycles. The van der Waals surface area contributed by atoms with Crippen molar-refractivity contribution in [2.24, 2.45) is 0 Å².